The molecule has 1 amide bonds. The fourth-order valence-corrected chi connectivity index (χ4v) is 3.12. The van der Waals surface area contributed by atoms with Gasteiger partial charge in [0, 0.05) is 24.0 Å². The van der Waals surface area contributed by atoms with Gasteiger partial charge in [0.1, 0.15) is 0 Å². The molecule has 4 nitrogen and oxygen atoms in total. The Balaban J connectivity index is 0.000000399. The average Bonchev–Trinajstić information content (AvgIpc) is 2.72. The van der Waals surface area contributed by atoms with Gasteiger partial charge in [0.05, 0.1) is 34.5 Å². The third kappa shape index (κ3) is 4.83. The number of H-pyrrole nitrogens is 1. The molecule has 0 spiro atoms. The van der Waals surface area contributed by atoms with Crippen LogP contribution in [0.3, 0.4) is 0 Å². The van der Waals surface area contributed by atoms with Crippen molar-refractivity contribution in [2.75, 3.05) is 6.54 Å². The first-order valence-corrected chi connectivity index (χ1v) is 8.39. The van der Waals surface area contributed by atoms with E-state index in [1.165, 1.54) is 0 Å². The van der Waals surface area contributed by atoms with Crippen molar-refractivity contribution in [1.82, 2.24) is 10.3 Å². The molecule has 8 heteroatoms. The summed E-state index contributed by atoms with van der Waals surface area (Å²) in [7, 11) is 0. The maximum absolute atomic E-state index is 11.8. The van der Waals surface area contributed by atoms with Crippen molar-refractivity contribution in [1.29, 1.82) is 5.26 Å². The van der Waals surface area contributed by atoms with Crippen LogP contribution < -0.4 is 5.32 Å². The third-order valence-corrected chi connectivity index (χ3v) is 4.33. The van der Waals surface area contributed by atoms with Crippen LogP contribution in [0.4, 0.5) is 8.78 Å². The summed E-state index contributed by atoms with van der Waals surface area (Å²) >= 11 is 12.4. The second-order valence-electron chi connectivity index (χ2n) is 6.10. The number of fused-ring (bicyclic) bond motifs is 3. The smallest absolute Gasteiger partial charge is 0.242 e. The number of aromatic nitrogens is 1. The Morgan fingerprint density at radius 3 is 2.60 bits per heavy atom. The molecule has 25 heavy (non-hydrogen) atoms. The summed E-state index contributed by atoms with van der Waals surface area (Å²) in [6.07, 6.45) is 1.25. The molecule has 3 rings (SSSR count). The van der Waals surface area contributed by atoms with Gasteiger partial charge in [0.2, 0.25) is 11.8 Å². The average molecular weight is 388 g/mol. The number of rotatable bonds is 1. The lowest BCUT2D eigenvalue weighted by Crippen LogP contribution is -2.24. The molecule has 2 N–H and O–H groups in total. The molecule has 0 radical (unpaired) electrons. The lowest BCUT2D eigenvalue weighted by Gasteiger charge is -2.06. The second kappa shape index (κ2) is 7.59. The lowest BCUT2D eigenvalue weighted by atomic mass is 10.00. The van der Waals surface area contributed by atoms with Crippen molar-refractivity contribution in [3.63, 3.8) is 0 Å². The molecule has 0 aliphatic carbocycles. The largest absolute Gasteiger partial charge is 0.357 e. The van der Waals surface area contributed by atoms with Crippen LogP contribution in [-0.2, 0) is 24.1 Å². The number of halogens is 4. The summed E-state index contributed by atoms with van der Waals surface area (Å²) in [5.41, 5.74) is 3.45. The number of benzene rings is 1. The summed E-state index contributed by atoms with van der Waals surface area (Å²) in [5.74, 6) is -2.52. The molecule has 1 aromatic heterocycles. The zero-order valence-corrected chi connectivity index (χ0v) is 15.3. The molecule has 0 bridgehead atoms. The van der Waals surface area contributed by atoms with E-state index < -0.39 is 5.92 Å². The number of amides is 1. The summed E-state index contributed by atoms with van der Waals surface area (Å²) < 4.78 is 22.0. The summed E-state index contributed by atoms with van der Waals surface area (Å²) in [6.45, 7) is 2.30. The number of nitrogens with zero attached hydrogens (tertiary/aromatic N) is 1. The van der Waals surface area contributed by atoms with Gasteiger partial charge in [-0.3, -0.25) is 4.79 Å². The zero-order valence-electron chi connectivity index (χ0n) is 13.8. The minimum Gasteiger partial charge on any atom is -0.357 e. The van der Waals surface area contributed by atoms with E-state index in [0.717, 1.165) is 48.0 Å². The molecule has 2 heterocycles. The molecule has 0 atom stereocenters. The first-order chi connectivity index (χ1) is 11.6. The fraction of sp³-hybridized carbons (Fsp3) is 0.412. The number of carbonyl (C=O) groups is 1. The molecule has 134 valence electrons. The summed E-state index contributed by atoms with van der Waals surface area (Å²) in [5, 5.41) is 13.5. The van der Waals surface area contributed by atoms with Crippen LogP contribution in [0, 0.1) is 11.3 Å². The van der Waals surface area contributed by atoms with Crippen LogP contribution in [0.5, 0.6) is 0 Å². The van der Waals surface area contributed by atoms with Gasteiger partial charge in [-0.25, -0.2) is 8.78 Å². The predicted molar refractivity (Wildman–Crippen MR) is 94.3 cm³/mol. The monoisotopic (exact) mass is 387 g/mol. The van der Waals surface area contributed by atoms with Gasteiger partial charge >= 0.3 is 0 Å². The van der Waals surface area contributed by atoms with E-state index in [1.54, 1.807) is 6.07 Å². The molecule has 0 saturated carbocycles. The van der Waals surface area contributed by atoms with E-state index in [9.17, 15) is 13.6 Å². The zero-order chi connectivity index (χ0) is 18.8. The number of nitrogens with one attached hydrogen (secondary N) is 2. The number of carbonyl (C=O) groups excluding carboxylic acids is 1. The van der Waals surface area contributed by atoms with Gasteiger partial charge in [-0.2, -0.15) is 5.26 Å². The van der Waals surface area contributed by atoms with Crippen molar-refractivity contribution in [3.05, 3.63) is 32.9 Å². The summed E-state index contributed by atoms with van der Waals surface area (Å²) in [4.78, 5) is 15.0. The van der Waals surface area contributed by atoms with Crippen molar-refractivity contribution < 1.29 is 13.6 Å². The van der Waals surface area contributed by atoms with Gasteiger partial charge in [-0.1, -0.05) is 23.2 Å². The van der Waals surface area contributed by atoms with Gasteiger partial charge in [0.25, 0.3) is 0 Å². The topological polar surface area (TPSA) is 68.7 Å². The van der Waals surface area contributed by atoms with E-state index in [0.29, 0.717) is 23.0 Å². The van der Waals surface area contributed by atoms with Crippen LogP contribution in [-0.4, -0.2) is 23.4 Å². The standard InChI is InChI=1S/C14H11Cl2N3O.C3H6F2/c15-9-5-7(1-3-17)12-8-6-11(20)18-4-2-10(8)19-14(12)13(9)16;1-3(2,4)5/h5,19H,1-2,4,6H2,(H,18,20);1-2H3. The number of hydrogen-bond donors (Lipinski definition) is 2. The highest BCUT2D eigenvalue weighted by molar-refractivity contribution is 6.45. The van der Waals surface area contributed by atoms with Crippen LogP contribution in [0.25, 0.3) is 10.9 Å². The van der Waals surface area contributed by atoms with E-state index in [-0.39, 0.29) is 12.3 Å². The van der Waals surface area contributed by atoms with E-state index >= 15 is 0 Å². The Kier molecular flexibility index (Phi) is 5.91. The maximum Gasteiger partial charge on any atom is 0.242 e. The summed E-state index contributed by atoms with van der Waals surface area (Å²) in [6, 6.07) is 3.84. The Bertz CT molecular complexity index is 844. The van der Waals surface area contributed by atoms with E-state index in [1.807, 2.05) is 0 Å². The normalized spacial score (nSPS) is 14.0. The molecule has 2 aromatic rings. The quantitative estimate of drug-likeness (QED) is 0.760. The first kappa shape index (κ1) is 19.5. The van der Waals surface area contributed by atoms with E-state index in [2.05, 4.69) is 16.4 Å². The fourth-order valence-electron chi connectivity index (χ4n) is 2.70. The molecule has 0 fully saturated rings. The molecular formula is C17H17Cl2F2N3O. The highest BCUT2D eigenvalue weighted by atomic mass is 35.5. The van der Waals surface area contributed by atoms with Gasteiger partial charge in [-0.15, -0.1) is 0 Å². The highest BCUT2D eigenvalue weighted by Crippen LogP contribution is 2.37. The Hall–Kier alpha value is -1.84. The van der Waals surface area contributed by atoms with Crippen LogP contribution in [0.2, 0.25) is 10.0 Å². The minimum atomic E-state index is -2.50. The number of aromatic amines is 1. The molecule has 0 unspecified atom stereocenters. The lowest BCUT2D eigenvalue weighted by molar-refractivity contribution is -0.120. The molecule has 1 aliphatic heterocycles. The highest BCUT2D eigenvalue weighted by Gasteiger charge is 2.22. The minimum absolute atomic E-state index is 0.0152. The second-order valence-corrected chi connectivity index (χ2v) is 6.89. The van der Waals surface area contributed by atoms with Crippen molar-refractivity contribution in [2.24, 2.45) is 0 Å². The van der Waals surface area contributed by atoms with Crippen molar-refractivity contribution in [2.45, 2.75) is 39.0 Å². The van der Waals surface area contributed by atoms with Gasteiger partial charge in [-0.05, 0) is 31.0 Å². The Morgan fingerprint density at radius 2 is 2.00 bits per heavy atom. The van der Waals surface area contributed by atoms with Crippen LogP contribution in [0.1, 0.15) is 30.7 Å². The third-order valence-electron chi connectivity index (χ3n) is 3.55. The number of nitriles is 1. The molecule has 0 saturated heterocycles. The predicted octanol–water partition coefficient (Wildman–Crippen LogP) is 4.42. The van der Waals surface area contributed by atoms with Crippen molar-refractivity contribution >= 4 is 40.0 Å². The first-order valence-electron chi connectivity index (χ1n) is 7.63. The Morgan fingerprint density at radius 1 is 1.36 bits per heavy atom. The number of alkyl halides is 2. The van der Waals surface area contributed by atoms with Gasteiger partial charge < -0.3 is 10.3 Å². The number of hydrogen-bond acceptors (Lipinski definition) is 2. The van der Waals surface area contributed by atoms with Crippen LogP contribution >= 0.6 is 23.2 Å². The van der Waals surface area contributed by atoms with Crippen LogP contribution in [0.15, 0.2) is 6.07 Å². The van der Waals surface area contributed by atoms with Gasteiger partial charge in [0.15, 0.2) is 0 Å². The maximum atomic E-state index is 11.8. The van der Waals surface area contributed by atoms with E-state index in [4.69, 9.17) is 28.5 Å². The molecule has 1 aromatic carbocycles. The Labute approximate surface area is 154 Å². The molecular weight excluding hydrogens is 371 g/mol. The molecule has 1 aliphatic rings. The van der Waals surface area contributed by atoms with Crippen molar-refractivity contribution in [3.8, 4) is 6.07 Å². The SMILES string of the molecule is CC(C)(F)F.N#CCc1cc(Cl)c(Cl)c2[nH]c3c(c12)CC(=O)NCC3.